The predicted octanol–water partition coefficient (Wildman–Crippen LogP) is 2.67. The Labute approximate surface area is 103 Å². The number of rotatable bonds is 3. The highest BCUT2D eigenvalue weighted by molar-refractivity contribution is 5.50. The molecule has 0 atom stereocenters. The molecule has 0 fully saturated rings. The van der Waals surface area contributed by atoms with Crippen molar-refractivity contribution in [1.29, 1.82) is 0 Å². The lowest BCUT2D eigenvalue weighted by molar-refractivity contribution is -0.384. The van der Waals surface area contributed by atoms with E-state index >= 15 is 0 Å². The highest BCUT2D eigenvalue weighted by Gasteiger charge is 2.10. The van der Waals surface area contributed by atoms with Crippen molar-refractivity contribution in [3.63, 3.8) is 0 Å². The Kier molecular flexibility index (Phi) is 3.09. The number of nitrogens with two attached hydrogens (primary N) is 1. The van der Waals surface area contributed by atoms with Gasteiger partial charge in [-0.05, 0) is 30.7 Å². The van der Waals surface area contributed by atoms with Crippen LogP contribution in [0.3, 0.4) is 0 Å². The molecule has 0 saturated heterocycles. The Morgan fingerprint density at radius 3 is 2.72 bits per heavy atom. The van der Waals surface area contributed by atoms with Gasteiger partial charge in [0.05, 0.1) is 4.92 Å². The lowest BCUT2D eigenvalue weighted by Gasteiger charge is -2.09. The van der Waals surface area contributed by atoms with Gasteiger partial charge >= 0.3 is 0 Å². The fraction of sp³-hybridized carbons (Fsp3) is 0.0833. The second-order valence-electron chi connectivity index (χ2n) is 3.70. The zero-order valence-corrected chi connectivity index (χ0v) is 9.66. The molecule has 6 nitrogen and oxygen atoms in total. The van der Waals surface area contributed by atoms with Crippen LogP contribution in [0.5, 0.6) is 11.5 Å². The Morgan fingerprint density at radius 2 is 2.11 bits per heavy atom. The summed E-state index contributed by atoms with van der Waals surface area (Å²) in [5, 5.41) is 10.6. The van der Waals surface area contributed by atoms with Crippen LogP contribution in [-0.4, -0.2) is 9.91 Å². The van der Waals surface area contributed by atoms with Crippen LogP contribution < -0.4 is 10.5 Å². The van der Waals surface area contributed by atoms with Crippen molar-refractivity contribution >= 4 is 11.5 Å². The molecule has 2 N–H and O–H groups in total. The van der Waals surface area contributed by atoms with Crippen LogP contribution in [0.15, 0.2) is 36.5 Å². The summed E-state index contributed by atoms with van der Waals surface area (Å²) in [6.45, 7) is 1.73. The molecule has 0 spiro atoms. The first kappa shape index (κ1) is 11.8. The van der Waals surface area contributed by atoms with E-state index in [-0.39, 0.29) is 11.5 Å². The second-order valence-corrected chi connectivity index (χ2v) is 3.70. The van der Waals surface area contributed by atoms with Crippen LogP contribution in [0.25, 0.3) is 0 Å². The van der Waals surface area contributed by atoms with Crippen molar-refractivity contribution in [2.45, 2.75) is 6.92 Å². The Bertz CT molecular complexity index is 599. The molecule has 2 aromatic rings. The highest BCUT2D eigenvalue weighted by Crippen LogP contribution is 2.30. The third kappa shape index (κ3) is 2.37. The number of nitrogens with zero attached hydrogens (tertiary/aromatic N) is 2. The average Bonchev–Trinajstić information content (AvgIpc) is 2.34. The van der Waals surface area contributed by atoms with Gasteiger partial charge in [-0.3, -0.25) is 10.1 Å². The summed E-state index contributed by atoms with van der Waals surface area (Å²) in [6, 6.07) is 7.76. The fourth-order valence-electron chi connectivity index (χ4n) is 1.47. The van der Waals surface area contributed by atoms with Gasteiger partial charge in [0.15, 0.2) is 11.6 Å². The first-order chi connectivity index (χ1) is 8.58. The molecule has 1 heterocycles. The van der Waals surface area contributed by atoms with Crippen molar-refractivity contribution in [2.75, 3.05) is 5.73 Å². The van der Waals surface area contributed by atoms with Crippen LogP contribution in [-0.2, 0) is 0 Å². The van der Waals surface area contributed by atoms with Gasteiger partial charge in [0.25, 0.3) is 5.69 Å². The summed E-state index contributed by atoms with van der Waals surface area (Å²) in [5.74, 6) is 1.21. The van der Waals surface area contributed by atoms with Crippen LogP contribution in [0.4, 0.5) is 11.5 Å². The van der Waals surface area contributed by atoms with E-state index in [1.54, 1.807) is 31.3 Å². The Morgan fingerprint density at radius 1 is 1.33 bits per heavy atom. The largest absolute Gasteiger partial charge is 0.453 e. The zero-order chi connectivity index (χ0) is 13.1. The van der Waals surface area contributed by atoms with E-state index < -0.39 is 4.92 Å². The molecular formula is C12H11N3O3. The maximum absolute atomic E-state index is 10.6. The molecule has 0 radical (unpaired) electrons. The predicted molar refractivity (Wildman–Crippen MR) is 66.6 cm³/mol. The second kappa shape index (κ2) is 4.70. The van der Waals surface area contributed by atoms with Gasteiger partial charge in [0.1, 0.15) is 5.75 Å². The van der Waals surface area contributed by atoms with E-state index in [0.717, 1.165) is 0 Å². The maximum Gasteiger partial charge on any atom is 0.269 e. The topological polar surface area (TPSA) is 91.3 Å². The van der Waals surface area contributed by atoms with Gasteiger partial charge < -0.3 is 10.5 Å². The normalized spacial score (nSPS) is 10.1. The van der Waals surface area contributed by atoms with Crippen molar-refractivity contribution in [2.24, 2.45) is 0 Å². The number of aromatic nitrogens is 1. The molecule has 6 heteroatoms. The number of aryl methyl sites for hydroxylation is 1. The molecule has 0 unspecified atom stereocenters. The van der Waals surface area contributed by atoms with Gasteiger partial charge in [-0.25, -0.2) is 4.98 Å². The van der Waals surface area contributed by atoms with Gasteiger partial charge in [0.2, 0.25) is 0 Å². The van der Waals surface area contributed by atoms with E-state index in [4.69, 9.17) is 10.5 Å². The van der Waals surface area contributed by atoms with Crippen molar-refractivity contribution in [3.05, 3.63) is 52.2 Å². The highest BCUT2D eigenvalue weighted by atomic mass is 16.6. The number of hydrogen-bond donors (Lipinski definition) is 1. The number of hydrogen-bond acceptors (Lipinski definition) is 5. The number of pyridine rings is 1. The molecule has 92 valence electrons. The third-order valence-corrected chi connectivity index (χ3v) is 2.39. The van der Waals surface area contributed by atoms with Crippen molar-refractivity contribution in [3.8, 4) is 11.5 Å². The molecular weight excluding hydrogens is 234 g/mol. The number of ether oxygens (including phenoxy) is 1. The standard InChI is InChI=1S/C12H11N3O3/c1-8-7-9(15(16)17)4-5-10(8)18-11-3-2-6-14-12(11)13/h2-7H,1H3,(H2,13,14). The Hall–Kier alpha value is -2.63. The van der Waals surface area contributed by atoms with Crippen molar-refractivity contribution < 1.29 is 9.66 Å². The number of nitro benzene ring substituents is 1. The van der Waals surface area contributed by atoms with E-state index in [2.05, 4.69) is 4.98 Å². The van der Waals surface area contributed by atoms with Gasteiger partial charge in [-0.1, -0.05) is 0 Å². The van der Waals surface area contributed by atoms with E-state index in [0.29, 0.717) is 17.1 Å². The zero-order valence-electron chi connectivity index (χ0n) is 9.66. The molecule has 1 aromatic heterocycles. The van der Waals surface area contributed by atoms with E-state index in [1.807, 2.05) is 0 Å². The summed E-state index contributed by atoms with van der Waals surface area (Å²) in [4.78, 5) is 14.1. The number of nitro groups is 1. The van der Waals surface area contributed by atoms with Crippen LogP contribution >= 0.6 is 0 Å². The molecule has 0 amide bonds. The van der Waals surface area contributed by atoms with Crippen LogP contribution in [0, 0.1) is 17.0 Å². The average molecular weight is 245 g/mol. The van der Waals surface area contributed by atoms with Crippen molar-refractivity contribution in [1.82, 2.24) is 4.98 Å². The molecule has 0 aliphatic carbocycles. The monoisotopic (exact) mass is 245 g/mol. The minimum Gasteiger partial charge on any atom is -0.453 e. The lowest BCUT2D eigenvalue weighted by atomic mass is 10.2. The van der Waals surface area contributed by atoms with Crippen LogP contribution in [0.2, 0.25) is 0 Å². The van der Waals surface area contributed by atoms with Crippen LogP contribution in [0.1, 0.15) is 5.56 Å². The number of benzene rings is 1. The molecule has 0 saturated carbocycles. The number of nitrogen functional groups attached to an aromatic ring is 1. The van der Waals surface area contributed by atoms with Gasteiger partial charge in [-0.15, -0.1) is 0 Å². The Balaban J connectivity index is 2.30. The first-order valence-electron chi connectivity index (χ1n) is 5.21. The first-order valence-corrected chi connectivity index (χ1v) is 5.21. The lowest BCUT2D eigenvalue weighted by Crippen LogP contribution is -1.96. The summed E-state index contributed by atoms with van der Waals surface area (Å²) >= 11 is 0. The molecule has 18 heavy (non-hydrogen) atoms. The number of non-ortho nitro benzene ring substituents is 1. The minimum atomic E-state index is -0.449. The van der Waals surface area contributed by atoms with E-state index in [1.165, 1.54) is 12.1 Å². The van der Waals surface area contributed by atoms with E-state index in [9.17, 15) is 10.1 Å². The molecule has 0 bridgehead atoms. The SMILES string of the molecule is Cc1cc([N+](=O)[O-])ccc1Oc1cccnc1N. The fourth-order valence-corrected chi connectivity index (χ4v) is 1.47. The van der Waals surface area contributed by atoms with Gasteiger partial charge in [-0.2, -0.15) is 0 Å². The summed E-state index contributed by atoms with van der Waals surface area (Å²) in [5.41, 5.74) is 6.34. The quantitative estimate of drug-likeness (QED) is 0.663. The summed E-state index contributed by atoms with van der Waals surface area (Å²) < 4.78 is 5.56. The molecule has 0 aliphatic heterocycles. The third-order valence-electron chi connectivity index (χ3n) is 2.39. The van der Waals surface area contributed by atoms with Gasteiger partial charge in [0, 0.05) is 18.3 Å². The molecule has 2 rings (SSSR count). The number of anilines is 1. The molecule has 1 aromatic carbocycles. The molecule has 0 aliphatic rings. The summed E-state index contributed by atoms with van der Waals surface area (Å²) in [7, 11) is 0. The summed E-state index contributed by atoms with van der Waals surface area (Å²) in [6.07, 6.45) is 1.56. The smallest absolute Gasteiger partial charge is 0.269 e. The maximum atomic E-state index is 10.6. The minimum absolute atomic E-state index is 0.0269.